The molecule has 6 aliphatic rings. The zero-order chi connectivity index (χ0) is 21.7. The van der Waals surface area contributed by atoms with E-state index >= 15 is 0 Å². The van der Waals surface area contributed by atoms with Crippen LogP contribution in [0.25, 0.3) is 0 Å². The Hall–Kier alpha value is -1.14. The van der Waals surface area contributed by atoms with Crippen LogP contribution in [0, 0.1) is 17.8 Å². The molecule has 0 radical (unpaired) electrons. The predicted octanol–water partition coefficient (Wildman–Crippen LogP) is 2.41. The zero-order valence-corrected chi connectivity index (χ0v) is 19.6. The first-order chi connectivity index (χ1) is 15.0. The molecule has 7 rings (SSSR count). The molecule has 2 N–H and O–H groups in total. The number of nitrogens with zero attached hydrogens (tertiary/aromatic N) is 3. The molecule has 5 nitrogen and oxygen atoms in total. The second kappa shape index (κ2) is 6.69. The fourth-order valence-electron chi connectivity index (χ4n) is 9.69. The number of aliphatic hydroxyl groups is 2. The third-order valence-electron chi connectivity index (χ3n) is 10.8. The van der Waals surface area contributed by atoms with Gasteiger partial charge in [0.25, 0.3) is 0 Å². The van der Waals surface area contributed by atoms with Crippen molar-refractivity contribution < 1.29 is 14.7 Å². The average Bonchev–Trinajstić information content (AvgIpc) is 3.17. The van der Waals surface area contributed by atoms with E-state index in [1.165, 1.54) is 11.3 Å². The van der Waals surface area contributed by atoms with E-state index in [1.54, 1.807) is 0 Å². The molecule has 5 heterocycles. The van der Waals surface area contributed by atoms with Crippen molar-refractivity contribution in [2.75, 3.05) is 38.1 Å². The van der Waals surface area contributed by atoms with Crippen LogP contribution in [0.4, 0.5) is 5.69 Å². The Morgan fingerprint density at radius 1 is 1.13 bits per heavy atom. The van der Waals surface area contributed by atoms with Gasteiger partial charge >= 0.3 is 0 Å². The maximum atomic E-state index is 12.1. The molecule has 1 aromatic carbocycles. The van der Waals surface area contributed by atoms with Crippen LogP contribution in [0.2, 0.25) is 0 Å². The number of benzene rings is 1. The molecular weight excluding hydrogens is 386 g/mol. The van der Waals surface area contributed by atoms with E-state index in [0.717, 1.165) is 49.9 Å². The van der Waals surface area contributed by atoms with Crippen molar-refractivity contribution in [2.45, 2.75) is 75.9 Å². The van der Waals surface area contributed by atoms with Crippen molar-refractivity contribution in [1.29, 1.82) is 0 Å². The lowest BCUT2D eigenvalue weighted by molar-refractivity contribution is -1.04. The van der Waals surface area contributed by atoms with Crippen LogP contribution in [-0.4, -0.2) is 83.3 Å². The summed E-state index contributed by atoms with van der Waals surface area (Å²) in [5.41, 5.74) is 2.53. The van der Waals surface area contributed by atoms with E-state index in [1.807, 2.05) is 0 Å². The standard InChI is InChI=1S/C26H40N3O2/c1-5-16-17-14-20-23-26(18-10-8-9-11-19(18)27(23)4)15-21(22(17)24(26)30)29(20,25(16)31)13-12-28(6-2)7-3/h8-11,16-17,20-25,30-31H,5-7,12-15H2,1-4H3/q+1/t16-,17?,20-,21-,22?,23-,24?,25+,26?,29?/m0/s1. The molecule has 1 aliphatic carbocycles. The average molecular weight is 427 g/mol. The molecule has 1 spiro atoms. The normalized spacial score (nSPS) is 48.5. The highest BCUT2D eigenvalue weighted by atomic mass is 16.3. The lowest BCUT2D eigenvalue weighted by Gasteiger charge is -2.68. The van der Waals surface area contributed by atoms with E-state index < -0.39 is 0 Å². The minimum atomic E-state index is -0.293. The highest BCUT2D eigenvalue weighted by molar-refractivity contribution is 5.66. The van der Waals surface area contributed by atoms with Crippen molar-refractivity contribution in [1.82, 2.24) is 4.90 Å². The number of piperidine rings is 4. The topological polar surface area (TPSA) is 46.9 Å². The Labute approximate surface area is 187 Å². The Morgan fingerprint density at radius 2 is 1.87 bits per heavy atom. The third-order valence-corrected chi connectivity index (χ3v) is 10.8. The summed E-state index contributed by atoms with van der Waals surface area (Å²) < 4.78 is 0.845. The van der Waals surface area contributed by atoms with Crippen LogP contribution in [0.15, 0.2) is 24.3 Å². The summed E-state index contributed by atoms with van der Waals surface area (Å²) in [5, 5.41) is 24.1. The van der Waals surface area contributed by atoms with Gasteiger partial charge in [0, 0.05) is 44.0 Å². The lowest BCUT2D eigenvalue weighted by Crippen LogP contribution is -2.83. The fourth-order valence-corrected chi connectivity index (χ4v) is 9.69. The van der Waals surface area contributed by atoms with Crippen molar-refractivity contribution in [3.63, 3.8) is 0 Å². The first kappa shape index (κ1) is 20.5. The van der Waals surface area contributed by atoms with E-state index in [0.29, 0.717) is 29.8 Å². The Morgan fingerprint density at radius 3 is 2.58 bits per heavy atom. The van der Waals surface area contributed by atoms with Gasteiger partial charge in [0.05, 0.1) is 30.1 Å². The van der Waals surface area contributed by atoms with Crippen LogP contribution in [0.1, 0.15) is 45.6 Å². The monoisotopic (exact) mass is 426 g/mol. The van der Waals surface area contributed by atoms with E-state index in [-0.39, 0.29) is 23.8 Å². The van der Waals surface area contributed by atoms with Gasteiger partial charge in [0.2, 0.25) is 0 Å². The quantitative estimate of drug-likeness (QED) is 0.686. The van der Waals surface area contributed by atoms with Crippen LogP contribution in [0.5, 0.6) is 0 Å². The van der Waals surface area contributed by atoms with Crippen LogP contribution in [0.3, 0.4) is 0 Å². The number of anilines is 1. The molecule has 5 bridgehead atoms. The fraction of sp³-hybridized carbons (Fsp3) is 0.769. The van der Waals surface area contributed by atoms with Gasteiger partial charge in [-0.15, -0.1) is 0 Å². The Balaban J connectivity index is 1.52. The summed E-state index contributed by atoms with van der Waals surface area (Å²) >= 11 is 0. The molecule has 1 saturated carbocycles. The van der Waals surface area contributed by atoms with Gasteiger partial charge in [-0.05, 0) is 37.1 Å². The van der Waals surface area contributed by atoms with Gasteiger partial charge in [0.15, 0.2) is 6.23 Å². The molecule has 5 fully saturated rings. The number of quaternary nitrogens is 1. The molecule has 4 saturated heterocycles. The second-order valence-corrected chi connectivity index (χ2v) is 11.1. The summed E-state index contributed by atoms with van der Waals surface area (Å²) in [5.74, 6) is 1.10. The molecule has 31 heavy (non-hydrogen) atoms. The van der Waals surface area contributed by atoms with Crippen molar-refractivity contribution in [3.8, 4) is 0 Å². The number of hydrogen-bond donors (Lipinski definition) is 2. The molecular formula is C26H40N3O2+. The largest absolute Gasteiger partial charge is 0.392 e. The van der Waals surface area contributed by atoms with Gasteiger partial charge in [-0.1, -0.05) is 39.0 Å². The summed E-state index contributed by atoms with van der Waals surface area (Å²) in [6.07, 6.45) is 2.63. The summed E-state index contributed by atoms with van der Waals surface area (Å²) in [6.45, 7) is 10.9. The highest BCUT2D eigenvalue weighted by Crippen LogP contribution is 2.71. The molecule has 10 atom stereocenters. The summed E-state index contributed by atoms with van der Waals surface area (Å²) in [7, 11) is 2.25. The van der Waals surface area contributed by atoms with E-state index in [2.05, 4.69) is 61.9 Å². The van der Waals surface area contributed by atoms with Crippen molar-refractivity contribution >= 4 is 5.69 Å². The third kappa shape index (κ3) is 2.13. The number of likely N-dealkylation sites (N-methyl/N-ethyl adjacent to an activating group) is 2. The number of rotatable bonds is 6. The lowest BCUT2D eigenvalue weighted by atomic mass is 9.60. The van der Waals surface area contributed by atoms with Gasteiger partial charge in [-0.3, -0.25) is 9.38 Å². The number of fused-ring (bicyclic) bond motifs is 2. The maximum Gasteiger partial charge on any atom is 0.194 e. The molecule has 0 aromatic heterocycles. The molecule has 0 amide bonds. The Bertz CT molecular complexity index is 874. The van der Waals surface area contributed by atoms with Gasteiger partial charge in [0.1, 0.15) is 6.04 Å². The number of aliphatic hydroxyl groups excluding tert-OH is 2. The first-order valence-corrected chi connectivity index (χ1v) is 12.7. The smallest absolute Gasteiger partial charge is 0.194 e. The van der Waals surface area contributed by atoms with Gasteiger partial charge < -0.3 is 15.1 Å². The summed E-state index contributed by atoms with van der Waals surface area (Å²) in [6, 6.07) is 9.91. The van der Waals surface area contributed by atoms with E-state index in [9.17, 15) is 10.2 Å². The molecule has 5 aliphatic heterocycles. The summed E-state index contributed by atoms with van der Waals surface area (Å²) in [4.78, 5) is 5.01. The van der Waals surface area contributed by atoms with Crippen LogP contribution >= 0.6 is 0 Å². The zero-order valence-electron chi connectivity index (χ0n) is 19.6. The van der Waals surface area contributed by atoms with Crippen molar-refractivity contribution in [2.24, 2.45) is 17.8 Å². The maximum absolute atomic E-state index is 12.1. The van der Waals surface area contributed by atoms with Gasteiger partial charge in [-0.2, -0.15) is 0 Å². The Kier molecular flexibility index (Phi) is 4.42. The first-order valence-electron chi connectivity index (χ1n) is 12.7. The van der Waals surface area contributed by atoms with Crippen LogP contribution in [-0.2, 0) is 5.41 Å². The number of hydrogen-bond acceptors (Lipinski definition) is 4. The predicted molar refractivity (Wildman–Crippen MR) is 123 cm³/mol. The number of para-hydroxylation sites is 1. The second-order valence-electron chi connectivity index (χ2n) is 11.1. The van der Waals surface area contributed by atoms with Crippen LogP contribution < -0.4 is 4.90 Å². The van der Waals surface area contributed by atoms with E-state index in [4.69, 9.17) is 0 Å². The van der Waals surface area contributed by atoms with Gasteiger partial charge in [-0.25, -0.2) is 0 Å². The minimum absolute atomic E-state index is 0.153. The SMILES string of the molecule is CC[C@H]1C2C[C@H]3[C@@H]4N(C)c5ccccc5C45C[C@@H](C2C5O)[N+]3(CCN(CC)CC)[C@@H]1O. The minimum Gasteiger partial charge on any atom is -0.392 e. The molecule has 5 heteroatoms. The molecule has 170 valence electrons. The molecule has 5 unspecified atom stereocenters. The highest BCUT2D eigenvalue weighted by Gasteiger charge is 2.82. The van der Waals surface area contributed by atoms with Crippen molar-refractivity contribution in [3.05, 3.63) is 29.8 Å². The molecule has 1 aromatic rings.